The lowest BCUT2D eigenvalue weighted by Gasteiger charge is -2.14. The average molecular weight is 627 g/mol. The molecule has 49 heavy (non-hydrogen) atoms. The van der Waals surface area contributed by atoms with Gasteiger partial charge >= 0.3 is 0 Å². The third-order valence-electron chi connectivity index (χ3n) is 9.06. The highest BCUT2D eigenvalue weighted by Gasteiger charge is 2.17. The van der Waals surface area contributed by atoms with Crippen LogP contribution >= 0.6 is 0 Å². The molecule has 4 heteroatoms. The molecule has 0 radical (unpaired) electrons. The summed E-state index contributed by atoms with van der Waals surface area (Å²) < 4.78 is 2.37. The largest absolute Gasteiger partial charge is 0.309 e. The third kappa shape index (κ3) is 5.26. The fourth-order valence-electron chi connectivity index (χ4n) is 6.72. The van der Waals surface area contributed by atoms with Crippen LogP contribution in [0.1, 0.15) is 0 Å². The van der Waals surface area contributed by atoms with Gasteiger partial charge in [0.05, 0.1) is 11.0 Å². The Morgan fingerprint density at radius 1 is 0.306 bits per heavy atom. The second-order valence-electron chi connectivity index (χ2n) is 12.1. The molecule has 0 saturated heterocycles. The van der Waals surface area contributed by atoms with Crippen molar-refractivity contribution in [3.63, 3.8) is 0 Å². The summed E-state index contributed by atoms with van der Waals surface area (Å²) in [5.74, 6) is 1.93. The molecule has 0 aliphatic heterocycles. The van der Waals surface area contributed by atoms with Gasteiger partial charge in [-0.3, -0.25) is 0 Å². The maximum atomic E-state index is 5.02. The van der Waals surface area contributed by atoms with Crippen LogP contribution in [0.15, 0.2) is 182 Å². The minimum atomic E-state index is 0.635. The highest BCUT2D eigenvalue weighted by molar-refractivity contribution is 6.10. The van der Waals surface area contributed by atoms with E-state index >= 15 is 0 Å². The summed E-state index contributed by atoms with van der Waals surface area (Å²) in [7, 11) is 0. The van der Waals surface area contributed by atoms with Crippen LogP contribution in [-0.4, -0.2) is 19.5 Å². The minimum absolute atomic E-state index is 0.635. The average Bonchev–Trinajstić information content (AvgIpc) is 3.52. The minimum Gasteiger partial charge on any atom is -0.309 e. The van der Waals surface area contributed by atoms with Crippen LogP contribution in [0, 0.1) is 0 Å². The zero-order valence-electron chi connectivity index (χ0n) is 26.6. The molecule has 2 aromatic heterocycles. The van der Waals surface area contributed by atoms with Crippen molar-refractivity contribution >= 4 is 21.8 Å². The molecule has 7 aromatic carbocycles. The first kappa shape index (κ1) is 28.6. The predicted octanol–water partition coefficient (Wildman–Crippen LogP) is 11.3. The molecular weight excluding hydrogens is 597 g/mol. The number of aromatic nitrogens is 4. The van der Waals surface area contributed by atoms with Gasteiger partial charge in [0, 0.05) is 33.2 Å². The molecule has 0 aliphatic rings. The van der Waals surface area contributed by atoms with Gasteiger partial charge in [0.25, 0.3) is 0 Å². The molecule has 0 bridgehead atoms. The first-order valence-electron chi connectivity index (χ1n) is 16.5. The number of rotatable bonds is 6. The Kier molecular flexibility index (Phi) is 7.10. The SMILES string of the molecule is c1ccc(-c2nc(-c3ccccc3)nc(-c3ccc(-c4ccc5c6ccccc6n(-c6ccccc6)c5c4)c(-c4ccccc4)c3)n2)cc1. The molecule has 9 aromatic rings. The Morgan fingerprint density at radius 2 is 0.796 bits per heavy atom. The molecule has 0 aliphatic carbocycles. The number of fused-ring (bicyclic) bond motifs is 3. The topological polar surface area (TPSA) is 43.6 Å². The molecule has 0 N–H and O–H groups in total. The molecule has 4 nitrogen and oxygen atoms in total. The quantitative estimate of drug-likeness (QED) is 0.184. The van der Waals surface area contributed by atoms with Crippen molar-refractivity contribution in [1.82, 2.24) is 19.5 Å². The molecular formula is C45H30N4. The molecule has 0 unspecified atom stereocenters. The second-order valence-corrected chi connectivity index (χ2v) is 12.1. The van der Waals surface area contributed by atoms with E-state index in [9.17, 15) is 0 Å². The lowest BCUT2D eigenvalue weighted by molar-refractivity contribution is 1.07. The van der Waals surface area contributed by atoms with E-state index in [2.05, 4.69) is 126 Å². The number of nitrogens with zero attached hydrogens (tertiary/aromatic N) is 4. The van der Waals surface area contributed by atoms with Crippen molar-refractivity contribution in [3.05, 3.63) is 182 Å². The number of para-hydroxylation sites is 2. The molecule has 230 valence electrons. The van der Waals surface area contributed by atoms with Crippen molar-refractivity contribution in [3.8, 4) is 62.1 Å². The van der Waals surface area contributed by atoms with Gasteiger partial charge in [-0.05, 0) is 52.6 Å². The zero-order valence-corrected chi connectivity index (χ0v) is 26.6. The molecule has 9 rings (SSSR count). The van der Waals surface area contributed by atoms with E-state index in [1.54, 1.807) is 0 Å². The molecule has 0 atom stereocenters. The normalized spacial score (nSPS) is 11.3. The second kappa shape index (κ2) is 12.2. The van der Waals surface area contributed by atoms with Gasteiger partial charge in [-0.25, -0.2) is 15.0 Å². The predicted molar refractivity (Wildman–Crippen MR) is 201 cm³/mol. The maximum absolute atomic E-state index is 5.02. The van der Waals surface area contributed by atoms with Gasteiger partial charge < -0.3 is 4.57 Å². The highest BCUT2D eigenvalue weighted by Crippen LogP contribution is 2.39. The summed E-state index contributed by atoms with van der Waals surface area (Å²) in [5, 5.41) is 2.47. The van der Waals surface area contributed by atoms with Crippen LogP contribution < -0.4 is 0 Å². The van der Waals surface area contributed by atoms with Crippen LogP contribution in [0.4, 0.5) is 0 Å². The Bertz CT molecular complexity index is 2520. The highest BCUT2D eigenvalue weighted by atomic mass is 15.0. The van der Waals surface area contributed by atoms with Crippen molar-refractivity contribution in [2.24, 2.45) is 0 Å². The fourth-order valence-corrected chi connectivity index (χ4v) is 6.72. The summed E-state index contributed by atoms with van der Waals surface area (Å²) in [6, 6.07) is 63.4. The van der Waals surface area contributed by atoms with E-state index in [1.165, 1.54) is 21.8 Å². The van der Waals surface area contributed by atoms with Crippen molar-refractivity contribution in [2.45, 2.75) is 0 Å². The third-order valence-corrected chi connectivity index (χ3v) is 9.06. The number of hydrogen-bond acceptors (Lipinski definition) is 3. The summed E-state index contributed by atoms with van der Waals surface area (Å²) in [4.78, 5) is 14.9. The van der Waals surface area contributed by atoms with Gasteiger partial charge in [0.1, 0.15) is 0 Å². The number of benzene rings is 7. The van der Waals surface area contributed by atoms with E-state index in [4.69, 9.17) is 15.0 Å². The van der Waals surface area contributed by atoms with Crippen molar-refractivity contribution in [1.29, 1.82) is 0 Å². The summed E-state index contributed by atoms with van der Waals surface area (Å²) >= 11 is 0. The summed E-state index contributed by atoms with van der Waals surface area (Å²) in [5.41, 5.74) is 10.9. The molecule has 0 fully saturated rings. The van der Waals surface area contributed by atoms with Gasteiger partial charge in [-0.1, -0.05) is 152 Å². The maximum Gasteiger partial charge on any atom is 0.164 e. The Morgan fingerprint density at radius 3 is 1.43 bits per heavy atom. The Labute approximate surface area is 284 Å². The van der Waals surface area contributed by atoms with Gasteiger partial charge in [0.15, 0.2) is 17.5 Å². The first-order chi connectivity index (χ1) is 24.3. The molecule has 0 amide bonds. The van der Waals surface area contributed by atoms with Crippen LogP contribution in [-0.2, 0) is 0 Å². The van der Waals surface area contributed by atoms with Gasteiger partial charge in [0.2, 0.25) is 0 Å². The van der Waals surface area contributed by atoms with Crippen molar-refractivity contribution in [2.75, 3.05) is 0 Å². The standard InChI is InChI=1S/C45H30N4/c1-5-15-31(16-6-1)40-29-35(45-47-43(32-17-7-2-8-18-32)46-44(48-45)33-19-9-3-10-20-33)26-27-37(40)34-25-28-39-38-23-13-14-24-41(38)49(42(39)30-34)36-21-11-4-12-22-36/h1-30H. The van der Waals surface area contributed by atoms with Gasteiger partial charge in [-0.2, -0.15) is 0 Å². The first-order valence-corrected chi connectivity index (χ1v) is 16.5. The van der Waals surface area contributed by atoms with Crippen LogP contribution in [0.25, 0.3) is 83.9 Å². The van der Waals surface area contributed by atoms with Gasteiger partial charge in [-0.15, -0.1) is 0 Å². The number of hydrogen-bond donors (Lipinski definition) is 0. The van der Waals surface area contributed by atoms with E-state index < -0.39 is 0 Å². The van der Waals surface area contributed by atoms with E-state index in [0.29, 0.717) is 17.5 Å². The van der Waals surface area contributed by atoms with Crippen LogP contribution in [0.2, 0.25) is 0 Å². The van der Waals surface area contributed by atoms with Crippen LogP contribution in [0.5, 0.6) is 0 Å². The van der Waals surface area contributed by atoms with Crippen molar-refractivity contribution < 1.29 is 0 Å². The van der Waals surface area contributed by atoms with E-state index in [-0.39, 0.29) is 0 Å². The Hall–Kier alpha value is -6.65. The molecule has 0 spiro atoms. The molecule has 0 saturated carbocycles. The Balaban J connectivity index is 1.25. The van der Waals surface area contributed by atoms with E-state index in [0.717, 1.165) is 44.6 Å². The summed E-state index contributed by atoms with van der Waals surface area (Å²) in [6.45, 7) is 0. The van der Waals surface area contributed by atoms with Crippen LogP contribution in [0.3, 0.4) is 0 Å². The molecule has 2 heterocycles. The lowest BCUT2D eigenvalue weighted by atomic mass is 9.92. The lowest BCUT2D eigenvalue weighted by Crippen LogP contribution is -2.00. The smallest absolute Gasteiger partial charge is 0.164 e. The monoisotopic (exact) mass is 626 g/mol. The summed E-state index contributed by atoms with van der Waals surface area (Å²) in [6.07, 6.45) is 0. The zero-order chi connectivity index (χ0) is 32.6. The fraction of sp³-hybridized carbons (Fsp3) is 0. The van der Waals surface area contributed by atoms with E-state index in [1.807, 2.05) is 60.7 Å².